The molecule has 0 aromatic rings. The molecular formula is C13H26O. The Hall–Kier alpha value is -0.330. The van der Waals surface area contributed by atoms with Crippen LogP contribution in [0.4, 0.5) is 0 Å². The van der Waals surface area contributed by atoms with Gasteiger partial charge in [0.1, 0.15) is 6.29 Å². The Labute approximate surface area is 89.3 Å². The third kappa shape index (κ3) is 6.17. The van der Waals surface area contributed by atoms with Gasteiger partial charge in [-0.2, -0.15) is 0 Å². The van der Waals surface area contributed by atoms with Crippen LogP contribution in [-0.4, -0.2) is 6.29 Å². The highest BCUT2D eigenvalue weighted by Crippen LogP contribution is 2.25. The van der Waals surface area contributed by atoms with Crippen LogP contribution in [0.5, 0.6) is 0 Å². The lowest BCUT2D eigenvalue weighted by molar-refractivity contribution is -0.116. The summed E-state index contributed by atoms with van der Waals surface area (Å²) in [6.07, 6.45) is 11.1. The molecule has 0 aliphatic heterocycles. The minimum absolute atomic E-state index is 0.0508. The summed E-state index contributed by atoms with van der Waals surface area (Å²) in [4.78, 5) is 10.8. The summed E-state index contributed by atoms with van der Waals surface area (Å²) in [5.41, 5.74) is -0.0508. The van der Waals surface area contributed by atoms with Crippen LogP contribution in [0, 0.1) is 5.41 Å². The molecule has 0 fully saturated rings. The zero-order chi connectivity index (χ0) is 10.9. The molecule has 0 aliphatic rings. The summed E-state index contributed by atoms with van der Waals surface area (Å²) in [6.45, 7) is 6.41. The van der Waals surface area contributed by atoms with E-state index in [4.69, 9.17) is 0 Å². The highest BCUT2D eigenvalue weighted by atomic mass is 16.1. The van der Waals surface area contributed by atoms with Crippen LogP contribution in [0.1, 0.15) is 72.1 Å². The summed E-state index contributed by atoms with van der Waals surface area (Å²) in [5.74, 6) is 0. The Morgan fingerprint density at radius 2 is 1.57 bits per heavy atom. The van der Waals surface area contributed by atoms with Gasteiger partial charge in [-0.3, -0.25) is 0 Å². The fraction of sp³-hybridized carbons (Fsp3) is 0.923. The van der Waals surface area contributed by atoms with Gasteiger partial charge in [0.2, 0.25) is 0 Å². The molecule has 0 aromatic carbocycles. The van der Waals surface area contributed by atoms with Gasteiger partial charge in [0.05, 0.1) is 0 Å². The Kier molecular flexibility index (Phi) is 7.83. The van der Waals surface area contributed by atoms with Crippen LogP contribution >= 0.6 is 0 Å². The largest absolute Gasteiger partial charge is 0.303 e. The van der Waals surface area contributed by atoms with Gasteiger partial charge in [0.25, 0.3) is 0 Å². The van der Waals surface area contributed by atoms with Gasteiger partial charge >= 0.3 is 0 Å². The molecular weight excluding hydrogens is 172 g/mol. The zero-order valence-corrected chi connectivity index (χ0v) is 10.1. The van der Waals surface area contributed by atoms with Gasteiger partial charge in [0, 0.05) is 5.41 Å². The Bertz CT molecular complexity index is 142. The zero-order valence-electron chi connectivity index (χ0n) is 10.1. The molecule has 0 amide bonds. The monoisotopic (exact) mass is 198 g/mol. The summed E-state index contributed by atoms with van der Waals surface area (Å²) in [7, 11) is 0. The van der Waals surface area contributed by atoms with E-state index in [2.05, 4.69) is 20.8 Å². The van der Waals surface area contributed by atoms with Crippen LogP contribution in [0.2, 0.25) is 0 Å². The van der Waals surface area contributed by atoms with Crippen LogP contribution in [0.25, 0.3) is 0 Å². The fourth-order valence-electron chi connectivity index (χ4n) is 1.63. The first-order valence-corrected chi connectivity index (χ1v) is 6.15. The van der Waals surface area contributed by atoms with Crippen molar-refractivity contribution in [3.63, 3.8) is 0 Å². The molecule has 0 spiro atoms. The van der Waals surface area contributed by atoms with Crippen LogP contribution in [-0.2, 0) is 4.79 Å². The molecule has 1 unspecified atom stereocenters. The highest BCUT2D eigenvalue weighted by molar-refractivity contribution is 5.58. The van der Waals surface area contributed by atoms with Gasteiger partial charge in [0.15, 0.2) is 0 Å². The van der Waals surface area contributed by atoms with E-state index < -0.39 is 0 Å². The van der Waals surface area contributed by atoms with Crippen molar-refractivity contribution in [3.05, 3.63) is 0 Å². The average Bonchev–Trinajstić information content (AvgIpc) is 2.23. The second kappa shape index (κ2) is 8.02. The minimum Gasteiger partial charge on any atom is -0.303 e. The van der Waals surface area contributed by atoms with E-state index in [1.165, 1.54) is 38.5 Å². The number of hydrogen-bond donors (Lipinski definition) is 0. The molecule has 0 radical (unpaired) electrons. The molecule has 0 aromatic heterocycles. The van der Waals surface area contributed by atoms with E-state index in [0.717, 1.165) is 19.1 Å². The number of hydrogen-bond acceptors (Lipinski definition) is 1. The molecule has 0 N–H and O–H groups in total. The summed E-state index contributed by atoms with van der Waals surface area (Å²) >= 11 is 0. The van der Waals surface area contributed by atoms with Gasteiger partial charge in [-0.15, -0.1) is 0 Å². The smallest absolute Gasteiger partial charge is 0.125 e. The van der Waals surface area contributed by atoms with Crippen molar-refractivity contribution in [2.75, 3.05) is 0 Å². The third-order valence-corrected chi connectivity index (χ3v) is 3.19. The normalized spacial score (nSPS) is 15.1. The van der Waals surface area contributed by atoms with Crippen LogP contribution in [0.3, 0.4) is 0 Å². The SMILES string of the molecule is CCCCCCCCC(C)(C=O)CC. The highest BCUT2D eigenvalue weighted by Gasteiger charge is 2.19. The van der Waals surface area contributed by atoms with Gasteiger partial charge in [-0.25, -0.2) is 0 Å². The average molecular weight is 198 g/mol. The van der Waals surface area contributed by atoms with Gasteiger partial charge in [-0.1, -0.05) is 59.3 Å². The molecule has 1 heteroatoms. The summed E-state index contributed by atoms with van der Waals surface area (Å²) in [5, 5.41) is 0. The second-order valence-corrected chi connectivity index (χ2v) is 4.64. The van der Waals surface area contributed by atoms with E-state index in [1.807, 2.05) is 0 Å². The van der Waals surface area contributed by atoms with E-state index in [1.54, 1.807) is 0 Å². The van der Waals surface area contributed by atoms with Crippen molar-refractivity contribution in [1.29, 1.82) is 0 Å². The first-order valence-electron chi connectivity index (χ1n) is 6.15. The van der Waals surface area contributed by atoms with Crippen molar-refractivity contribution in [2.45, 2.75) is 72.1 Å². The lowest BCUT2D eigenvalue weighted by Crippen LogP contribution is -2.16. The molecule has 1 nitrogen and oxygen atoms in total. The van der Waals surface area contributed by atoms with E-state index in [9.17, 15) is 4.79 Å². The molecule has 0 saturated carbocycles. The minimum atomic E-state index is -0.0508. The lowest BCUT2D eigenvalue weighted by Gasteiger charge is -2.20. The summed E-state index contributed by atoms with van der Waals surface area (Å²) in [6, 6.07) is 0. The molecule has 14 heavy (non-hydrogen) atoms. The lowest BCUT2D eigenvalue weighted by atomic mass is 9.84. The van der Waals surface area contributed by atoms with Crippen molar-refractivity contribution in [1.82, 2.24) is 0 Å². The predicted molar refractivity (Wildman–Crippen MR) is 62.5 cm³/mol. The van der Waals surface area contributed by atoms with Crippen molar-refractivity contribution < 1.29 is 4.79 Å². The number of rotatable bonds is 9. The Balaban J connectivity index is 3.38. The maximum Gasteiger partial charge on any atom is 0.125 e. The van der Waals surface area contributed by atoms with Crippen LogP contribution < -0.4 is 0 Å². The molecule has 0 rings (SSSR count). The third-order valence-electron chi connectivity index (χ3n) is 3.19. The summed E-state index contributed by atoms with van der Waals surface area (Å²) < 4.78 is 0. The predicted octanol–water partition coefficient (Wildman–Crippen LogP) is 4.35. The van der Waals surface area contributed by atoms with Crippen molar-refractivity contribution in [3.8, 4) is 0 Å². The Morgan fingerprint density at radius 3 is 2.07 bits per heavy atom. The number of carbonyl (C=O) groups excluding carboxylic acids is 1. The van der Waals surface area contributed by atoms with Crippen molar-refractivity contribution >= 4 is 6.29 Å². The quantitative estimate of drug-likeness (QED) is 0.397. The topological polar surface area (TPSA) is 17.1 Å². The molecule has 1 atom stereocenters. The van der Waals surface area contributed by atoms with Crippen molar-refractivity contribution in [2.24, 2.45) is 5.41 Å². The molecule has 84 valence electrons. The van der Waals surface area contributed by atoms with Gasteiger partial charge < -0.3 is 4.79 Å². The second-order valence-electron chi connectivity index (χ2n) is 4.64. The molecule has 0 aliphatic carbocycles. The molecule has 0 saturated heterocycles. The first kappa shape index (κ1) is 13.7. The number of carbonyl (C=O) groups is 1. The van der Waals surface area contributed by atoms with E-state index >= 15 is 0 Å². The van der Waals surface area contributed by atoms with Gasteiger partial charge in [-0.05, 0) is 12.8 Å². The van der Waals surface area contributed by atoms with E-state index in [0.29, 0.717) is 0 Å². The first-order chi connectivity index (χ1) is 6.68. The molecule has 0 bridgehead atoms. The maximum atomic E-state index is 10.8. The van der Waals surface area contributed by atoms with Crippen LogP contribution in [0.15, 0.2) is 0 Å². The number of unbranched alkanes of at least 4 members (excludes halogenated alkanes) is 5. The number of aldehydes is 1. The maximum absolute atomic E-state index is 10.8. The molecule has 0 heterocycles. The fourth-order valence-corrected chi connectivity index (χ4v) is 1.63. The van der Waals surface area contributed by atoms with E-state index in [-0.39, 0.29) is 5.41 Å². The standard InChI is InChI=1S/C13H26O/c1-4-6-7-8-9-10-11-13(3,5-2)12-14/h12H,4-11H2,1-3H3. The Morgan fingerprint density at radius 1 is 1.00 bits per heavy atom.